The van der Waals surface area contributed by atoms with Gasteiger partial charge in [-0.15, -0.1) is 0 Å². The van der Waals surface area contributed by atoms with E-state index >= 15 is 0 Å². The smallest absolute Gasteiger partial charge is 0.125 e. The molecule has 0 aliphatic heterocycles. The minimum absolute atomic E-state index is 0.219. The number of hydrogen-bond acceptors (Lipinski definition) is 3. The van der Waals surface area contributed by atoms with Crippen molar-refractivity contribution in [2.45, 2.75) is 19.4 Å². The Morgan fingerprint density at radius 3 is 2.94 bits per heavy atom. The highest BCUT2D eigenvalue weighted by molar-refractivity contribution is 7.99. The van der Waals surface area contributed by atoms with Crippen molar-refractivity contribution in [3.05, 3.63) is 30.1 Å². The summed E-state index contributed by atoms with van der Waals surface area (Å²) in [4.78, 5) is 0. The van der Waals surface area contributed by atoms with Gasteiger partial charge in [0.05, 0.1) is 0 Å². The molecule has 0 saturated carbocycles. The van der Waals surface area contributed by atoms with Crippen molar-refractivity contribution in [2.24, 2.45) is 5.73 Å². The van der Waals surface area contributed by atoms with Crippen LogP contribution < -0.4 is 11.1 Å². The van der Waals surface area contributed by atoms with Crippen LogP contribution in [0.15, 0.2) is 24.3 Å². The summed E-state index contributed by atoms with van der Waals surface area (Å²) in [5.74, 6) is 1.99. The van der Waals surface area contributed by atoms with E-state index in [0.717, 1.165) is 23.6 Å². The fourth-order valence-corrected chi connectivity index (χ4v) is 2.17. The molecule has 1 aromatic rings. The molecule has 0 spiro atoms. The highest BCUT2D eigenvalue weighted by Gasteiger charge is 2.06. The maximum absolute atomic E-state index is 13.0. The lowest BCUT2D eigenvalue weighted by Gasteiger charge is -2.17. The highest BCUT2D eigenvalue weighted by Crippen LogP contribution is 2.12. The standard InChI is InChI=1S/C12H19FN2S/c1-2-16-7-6-12(9-14)15-11-5-3-4-10(13)8-11/h3-5,8,12,15H,2,6-7,9,14H2,1H3. The summed E-state index contributed by atoms with van der Waals surface area (Å²) in [5.41, 5.74) is 6.48. The zero-order valence-electron chi connectivity index (χ0n) is 9.58. The second-order valence-electron chi connectivity index (χ2n) is 3.57. The fourth-order valence-electron chi connectivity index (χ4n) is 1.43. The molecule has 1 unspecified atom stereocenters. The molecule has 0 bridgehead atoms. The number of nitrogens with one attached hydrogen (secondary N) is 1. The van der Waals surface area contributed by atoms with Crippen molar-refractivity contribution in [1.29, 1.82) is 0 Å². The van der Waals surface area contributed by atoms with E-state index in [1.165, 1.54) is 12.1 Å². The van der Waals surface area contributed by atoms with E-state index in [0.29, 0.717) is 6.54 Å². The van der Waals surface area contributed by atoms with Crippen LogP contribution in [0, 0.1) is 5.82 Å². The molecule has 0 aliphatic rings. The molecule has 16 heavy (non-hydrogen) atoms. The van der Waals surface area contributed by atoms with Gasteiger partial charge in [-0.05, 0) is 36.1 Å². The zero-order chi connectivity index (χ0) is 11.8. The molecule has 1 rings (SSSR count). The van der Waals surface area contributed by atoms with Gasteiger partial charge in [-0.2, -0.15) is 11.8 Å². The van der Waals surface area contributed by atoms with Gasteiger partial charge in [-0.25, -0.2) is 4.39 Å². The van der Waals surface area contributed by atoms with Crippen LogP contribution in [0.5, 0.6) is 0 Å². The van der Waals surface area contributed by atoms with Gasteiger partial charge in [0.1, 0.15) is 5.82 Å². The van der Waals surface area contributed by atoms with Crippen molar-refractivity contribution >= 4 is 17.4 Å². The van der Waals surface area contributed by atoms with Crippen LogP contribution in [0.4, 0.5) is 10.1 Å². The largest absolute Gasteiger partial charge is 0.381 e. The van der Waals surface area contributed by atoms with Crippen LogP contribution in [-0.4, -0.2) is 24.1 Å². The predicted molar refractivity (Wildman–Crippen MR) is 70.5 cm³/mol. The van der Waals surface area contributed by atoms with Crippen molar-refractivity contribution in [3.63, 3.8) is 0 Å². The van der Waals surface area contributed by atoms with E-state index in [4.69, 9.17) is 5.73 Å². The second kappa shape index (κ2) is 7.52. The number of benzene rings is 1. The maximum Gasteiger partial charge on any atom is 0.125 e. The molecule has 0 saturated heterocycles. The summed E-state index contributed by atoms with van der Waals surface area (Å²) >= 11 is 1.90. The molecule has 2 nitrogen and oxygen atoms in total. The molecule has 3 N–H and O–H groups in total. The average molecular weight is 242 g/mol. The van der Waals surface area contributed by atoms with Crippen LogP contribution in [0.2, 0.25) is 0 Å². The van der Waals surface area contributed by atoms with Crippen molar-refractivity contribution in [1.82, 2.24) is 0 Å². The third-order valence-electron chi connectivity index (χ3n) is 2.29. The van der Waals surface area contributed by atoms with Gasteiger partial charge >= 0.3 is 0 Å². The zero-order valence-corrected chi connectivity index (χ0v) is 10.4. The quantitative estimate of drug-likeness (QED) is 0.722. The molecular formula is C12H19FN2S. The lowest BCUT2D eigenvalue weighted by Crippen LogP contribution is -2.29. The molecule has 90 valence electrons. The van der Waals surface area contributed by atoms with E-state index in [-0.39, 0.29) is 11.9 Å². The number of rotatable bonds is 7. The molecule has 1 aromatic carbocycles. The number of nitrogens with two attached hydrogens (primary N) is 1. The summed E-state index contributed by atoms with van der Waals surface area (Å²) in [6.07, 6.45) is 1.01. The van der Waals surface area contributed by atoms with Gasteiger partial charge in [0, 0.05) is 18.3 Å². The maximum atomic E-state index is 13.0. The van der Waals surface area contributed by atoms with E-state index in [1.54, 1.807) is 6.07 Å². The Morgan fingerprint density at radius 2 is 2.31 bits per heavy atom. The van der Waals surface area contributed by atoms with Gasteiger partial charge in [0.2, 0.25) is 0 Å². The van der Waals surface area contributed by atoms with Crippen LogP contribution in [0.1, 0.15) is 13.3 Å². The van der Waals surface area contributed by atoms with Crippen LogP contribution in [0.3, 0.4) is 0 Å². The fraction of sp³-hybridized carbons (Fsp3) is 0.500. The Bertz CT molecular complexity index is 307. The van der Waals surface area contributed by atoms with Crippen molar-refractivity contribution in [3.8, 4) is 0 Å². The van der Waals surface area contributed by atoms with E-state index in [2.05, 4.69) is 12.2 Å². The van der Waals surface area contributed by atoms with Crippen molar-refractivity contribution in [2.75, 3.05) is 23.4 Å². The number of halogens is 1. The average Bonchev–Trinajstić information content (AvgIpc) is 2.28. The highest BCUT2D eigenvalue weighted by atomic mass is 32.2. The third-order valence-corrected chi connectivity index (χ3v) is 3.23. The molecule has 0 heterocycles. The Balaban J connectivity index is 2.43. The van der Waals surface area contributed by atoms with E-state index < -0.39 is 0 Å². The third kappa shape index (κ3) is 4.86. The SMILES string of the molecule is CCSCCC(CN)Nc1cccc(F)c1. The summed E-state index contributed by atoms with van der Waals surface area (Å²) < 4.78 is 13.0. The summed E-state index contributed by atoms with van der Waals surface area (Å²) in [6.45, 7) is 2.71. The van der Waals surface area contributed by atoms with Gasteiger partial charge in [-0.1, -0.05) is 13.0 Å². The van der Waals surface area contributed by atoms with E-state index in [1.807, 2.05) is 17.8 Å². The molecule has 0 radical (unpaired) electrons. The van der Waals surface area contributed by atoms with Gasteiger partial charge < -0.3 is 11.1 Å². The minimum Gasteiger partial charge on any atom is -0.381 e. The predicted octanol–water partition coefficient (Wildman–Crippen LogP) is 2.71. The minimum atomic E-state index is -0.219. The van der Waals surface area contributed by atoms with Gasteiger partial charge in [0.15, 0.2) is 0 Å². The lowest BCUT2D eigenvalue weighted by molar-refractivity contribution is 0.627. The van der Waals surface area contributed by atoms with Crippen LogP contribution >= 0.6 is 11.8 Å². The van der Waals surface area contributed by atoms with Crippen LogP contribution in [-0.2, 0) is 0 Å². The summed E-state index contributed by atoms with van der Waals surface area (Å²) in [5, 5.41) is 3.25. The topological polar surface area (TPSA) is 38.0 Å². The molecule has 4 heteroatoms. The monoisotopic (exact) mass is 242 g/mol. The van der Waals surface area contributed by atoms with Gasteiger partial charge in [0.25, 0.3) is 0 Å². The summed E-state index contributed by atoms with van der Waals surface area (Å²) in [7, 11) is 0. The number of anilines is 1. The number of hydrogen-bond donors (Lipinski definition) is 2. The first kappa shape index (κ1) is 13.3. The van der Waals surface area contributed by atoms with Crippen LogP contribution in [0.25, 0.3) is 0 Å². The molecule has 0 amide bonds. The first-order chi connectivity index (χ1) is 7.76. The second-order valence-corrected chi connectivity index (χ2v) is 4.97. The Kier molecular flexibility index (Phi) is 6.26. The molecule has 1 atom stereocenters. The lowest BCUT2D eigenvalue weighted by atomic mass is 10.2. The first-order valence-corrected chi connectivity index (χ1v) is 6.71. The first-order valence-electron chi connectivity index (χ1n) is 5.56. The molecule has 0 aromatic heterocycles. The van der Waals surface area contributed by atoms with Crippen molar-refractivity contribution < 1.29 is 4.39 Å². The summed E-state index contributed by atoms with van der Waals surface area (Å²) in [6, 6.07) is 6.72. The Hall–Kier alpha value is -0.740. The van der Waals surface area contributed by atoms with E-state index in [9.17, 15) is 4.39 Å². The molecule has 0 fully saturated rings. The van der Waals surface area contributed by atoms with Gasteiger partial charge in [-0.3, -0.25) is 0 Å². The number of thioether (sulfide) groups is 1. The normalized spacial score (nSPS) is 12.4. The molecular weight excluding hydrogens is 223 g/mol. The Labute approximate surface area is 101 Å². The Morgan fingerprint density at radius 1 is 1.50 bits per heavy atom. The molecule has 0 aliphatic carbocycles.